The maximum atomic E-state index is 14.1. The molecule has 7 heteroatoms. The van der Waals surface area contributed by atoms with Crippen LogP contribution in [0.25, 0.3) is 10.2 Å². The minimum atomic E-state index is -0.709. The highest BCUT2D eigenvalue weighted by molar-refractivity contribution is 7.22. The van der Waals surface area contributed by atoms with Gasteiger partial charge >= 0.3 is 0 Å². The Kier molecular flexibility index (Phi) is 5.11. The fourth-order valence-corrected chi connectivity index (χ4v) is 4.55. The second kappa shape index (κ2) is 7.68. The zero-order valence-electron chi connectivity index (χ0n) is 14.7. The number of fused-ring (bicyclic) bond motifs is 1. The third-order valence-corrected chi connectivity index (χ3v) is 5.94. The molecule has 1 aromatic carbocycles. The molecule has 2 heterocycles. The van der Waals surface area contributed by atoms with E-state index in [4.69, 9.17) is 0 Å². The lowest BCUT2D eigenvalue weighted by molar-refractivity contribution is -0.123. The molecule has 4 nitrogen and oxygen atoms in total. The molecular weight excluding hydrogens is 368 g/mol. The molecule has 0 aliphatic heterocycles. The summed E-state index contributed by atoms with van der Waals surface area (Å²) in [5.74, 6) is -1.41. The number of pyridine rings is 1. The van der Waals surface area contributed by atoms with Gasteiger partial charge in [0.15, 0.2) is 10.9 Å². The van der Waals surface area contributed by atoms with Crippen LogP contribution in [0.1, 0.15) is 37.7 Å². The van der Waals surface area contributed by atoms with E-state index >= 15 is 0 Å². The third-order valence-electron chi connectivity index (χ3n) is 4.92. The molecule has 140 valence electrons. The van der Waals surface area contributed by atoms with Crippen molar-refractivity contribution in [2.75, 3.05) is 4.90 Å². The molecule has 1 amide bonds. The number of benzene rings is 1. The Morgan fingerprint density at radius 3 is 2.78 bits per heavy atom. The summed E-state index contributed by atoms with van der Waals surface area (Å²) in [7, 11) is 0. The van der Waals surface area contributed by atoms with Crippen molar-refractivity contribution >= 4 is 32.6 Å². The summed E-state index contributed by atoms with van der Waals surface area (Å²) in [5, 5.41) is 0.397. The van der Waals surface area contributed by atoms with Crippen LogP contribution in [0.2, 0.25) is 0 Å². The van der Waals surface area contributed by atoms with E-state index in [0.29, 0.717) is 16.4 Å². The molecule has 0 bridgehead atoms. The summed E-state index contributed by atoms with van der Waals surface area (Å²) in [6, 6.07) is 5.78. The Morgan fingerprint density at radius 1 is 1.22 bits per heavy atom. The molecule has 2 aromatic heterocycles. The largest absolute Gasteiger partial charge is 0.283 e. The van der Waals surface area contributed by atoms with Gasteiger partial charge < -0.3 is 0 Å². The molecule has 0 spiro atoms. The third kappa shape index (κ3) is 3.83. The molecule has 0 saturated heterocycles. The van der Waals surface area contributed by atoms with Crippen molar-refractivity contribution in [2.24, 2.45) is 5.92 Å². The molecule has 0 N–H and O–H groups in total. The van der Waals surface area contributed by atoms with Gasteiger partial charge in [-0.15, -0.1) is 0 Å². The average Bonchev–Trinajstić information content (AvgIpc) is 3.11. The molecule has 1 aliphatic rings. The average molecular weight is 387 g/mol. The quantitative estimate of drug-likeness (QED) is 0.627. The summed E-state index contributed by atoms with van der Waals surface area (Å²) in [5.41, 5.74) is 0.969. The summed E-state index contributed by atoms with van der Waals surface area (Å²) < 4.78 is 28.0. The number of rotatable bonds is 4. The van der Waals surface area contributed by atoms with Crippen LogP contribution < -0.4 is 4.90 Å². The van der Waals surface area contributed by atoms with Crippen molar-refractivity contribution in [3.05, 3.63) is 53.9 Å². The van der Waals surface area contributed by atoms with E-state index in [9.17, 15) is 13.6 Å². The molecule has 0 radical (unpaired) electrons. The van der Waals surface area contributed by atoms with Crippen LogP contribution in [0.15, 0.2) is 36.7 Å². The minimum absolute atomic E-state index is 0.00140. The lowest BCUT2D eigenvalue weighted by atomic mass is 9.88. The zero-order chi connectivity index (χ0) is 18.8. The van der Waals surface area contributed by atoms with Gasteiger partial charge in [-0.25, -0.2) is 13.8 Å². The van der Waals surface area contributed by atoms with E-state index in [0.717, 1.165) is 55.1 Å². The minimum Gasteiger partial charge on any atom is -0.283 e. The molecule has 0 atom stereocenters. The first kappa shape index (κ1) is 18.0. The van der Waals surface area contributed by atoms with E-state index in [1.807, 2.05) is 12.1 Å². The van der Waals surface area contributed by atoms with E-state index in [2.05, 4.69) is 9.97 Å². The van der Waals surface area contributed by atoms with Gasteiger partial charge in [-0.05, 0) is 30.5 Å². The highest BCUT2D eigenvalue weighted by Gasteiger charge is 2.29. The summed E-state index contributed by atoms with van der Waals surface area (Å²) in [6.07, 6.45) is 8.32. The number of amides is 1. The number of hydrogen-bond acceptors (Lipinski definition) is 4. The Bertz CT molecular complexity index is 955. The van der Waals surface area contributed by atoms with Crippen molar-refractivity contribution in [3.63, 3.8) is 0 Å². The van der Waals surface area contributed by atoms with Gasteiger partial charge in [0, 0.05) is 24.4 Å². The first-order valence-corrected chi connectivity index (χ1v) is 9.89. The molecule has 3 aromatic rings. The van der Waals surface area contributed by atoms with Gasteiger partial charge in [0.1, 0.15) is 11.3 Å². The molecule has 1 fully saturated rings. The standard InChI is InChI=1S/C20H19F2N3OS/c21-15-9-16(22)18-17(10-15)27-20(24-18)25(12-13-5-4-8-23-11-13)19(26)14-6-2-1-3-7-14/h4-5,8-11,14H,1-3,6-7,12H2. The molecule has 4 rings (SSSR count). The summed E-state index contributed by atoms with van der Waals surface area (Å²) in [6.45, 7) is 0.313. The van der Waals surface area contributed by atoms with Gasteiger partial charge in [0.2, 0.25) is 5.91 Å². The summed E-state index contributed by atoms with van der Waals surface area (Å²) >= 11 is 1.14. The van der Waals surface area contributed by atoms with Crippen molar-refractivity contribution in [3.8, 4) is 0 Å². The van der Waals surface area contributed by atoms with Crippen LogP contribution >= 0.6 is 11.3 Å². The van der Waals surface area contributed by atoms with Gasteiger partial charge in [-0.1, -0.05) is 36.7 Å². The second-order valence-corrected chi connectivity index (χ2v) is 7.86. The van der Waals surface area contributed by atoms with E-state index in [1.54, 1.807) is 17.3 Å². The van der Waals surface area contributed by atoms with Crippen LogP contribution in [-0.4, -0.2) is 15.9 Å². The normalized spacial score (nSPS) is 15.2. The first-order valence-electron chi connectivity index (χ1n) is 9.07. The van der Waals surface area contributed by atoms with E-state index < -0.39 is 11.6 Å². The van der Waals surface area contributed by atoms with Crippen molar-refractivity contribution in [1.29, 1.82) is 0 Å². The number of halogens is 2. The number of carbonyl (C=O) groups excluding carboxylic acids is 1. The fraction of sp³-hybridized carbons (Fsp3) is 0.350. The number of anilines is 1. The molecular formula is C20H19F2N3OS. The van der Waals surface area contributed by atoms with Gasteiger partial charge in [-0.2, -0.15) is 0 Å². The Morgan fingerprint density at radius 2 is 2.04 bits per heavy atom. The first-order chi connectivity index (χ1) is 13.1. The van der Waals surface area contributed by atoms with E-state index in [-0.39, 0.29) is 17.3 Å². The van der Waals surface area contributed by atoms with Gasteiger partial charge in [0.25, 0.3) is 0 Å². The van der Waals surface area contributed by atoms with E-state index in [1.165, 1.54) is 6.07 Å². The Balaban J connectivity index is 1.72. The van der Waals surface area contributed by atoms with Crippen LogP contribution in [0, 0.1) is 17.6 Å². The SMILES string of the molecule is O=C(C1CCCCC1)N(Cc1cccnc1)c1nc2c(F)cc(F)cc2s1. The molecule has 1 aliphatic carbocycles. The maximum Gasteiger partial charge on any atom is 0.232 e. The van der Waals surface area contributed by atoms with Crippen molar-refractivity contribution < 1.29 is 13.6 Å². The lowest BCUT2D eigenvalue weighted by Crippen LogP contribution is -2.36. The number of hydrogen-bond donors (Lipinski definition) is 0. The predicted octanol–water partition coefficient (Wildman–Crippen LogP) is 5.08. The monoisotopic (exact) mass is 387 g/mol. The van der Waals surface area contributed by atoms with Crippen LogP contribution in [0.5, 0.6) is 0 Å². The van der Waals surface area contributed by atoms with Crippen molar-refractivity contribution in [1.82, 2.24) is 9.97 Å². The van der Waals surface area contributed by atoms with Gasteiger partial charge in [0.05, 0.1) is 11.2 Å². The molecule has 1 saturated carbocycles. The van der Waals surface area contributed by atoms with Crippen LogP contribution in [-0.2, 0) is 11.3 Å². The number of nitrogens with zero attached hydrogens (tertiary/aromatic N) is 3. The number of aromatic nitrogens is 2. The summed E-state index contributed by atoms with van der Waals surface area (Å²) in [4.78, 5) is 23.3. The molecule has 27 heavy (non-hydrogen) atoms. The molecule has 0 unspecified atom stereocenters. The van der Waals surface area contributed by atoms with Crippen LogP contribution in [0.4, 0.5) is 13.9 Å². The lowest BCUT2D eigenvalue weighted by Gasteiger charge is -2.27. The highest BCUT2D eigenvalue weighted by atomic mass is 32.1. The fourth-order valence-electron chi connectivity index (χ4n) is 3.54. The second-order valence-electron chi connectivity index (χ2n) is 6.85. The topological polar surface area (TPSA) is 46.1 Å². The maximum absolute atomic E-state index is 14.1. The van der Waals surface area contributed by atoms with Crippen LogP contribution in [0.3, 0.4) is 0 Å². The Hall–Kier alpha value is -2.41. The number of carbonyl (C=O) groups is 1. The zero-order valence-corrected chi connectivity index (χ0v) is 15.5. The Labute approximate surface area is 159 Å². The smallest absolute Gasteiger partial charge is 0.232 e. The van der Waals surface area contributed by atoms with Crippen molar-refractivity contribution in [2.45, 2.75) is 38.6 Å². The number of thiazole rings is 1. The van der Waals surface area contributed by atoms with Gasteiger partial charge in [-0.3, -0.25) is 14.7 Å². The predicted molar refractivity (Wildman–Crippen MR) is 102 cm³/mol. The highest BCUT2D eigenvalue weighted by Crippen LogP contribution is 2.34.